The fourth-order valence-corrected chi connectivity index (χ4v) is 2.97. The zero-order valence-corrected chi connectivity index (χ0v) is 11.1. The summed E-state index contributed by atoms with van der Waals surface area (Å²) >= 11 is 0. The van der Waals surface area contributed by atoms with E-state index in [2.05, 4.69) is 16.4 Å². The van der Waals surface area contributed by atoms with E-state index in [0.717, 1.165) is 27.7 Å². The molecule has 2 N–H and O–H groups in total. The van der Waals surface area contributed by atoms with Crippen molar-refractivity contribution in [3.63, 3.8) is 0 Å². The Hall–Kier alpha value is -3.06. The molecular weight excluding hydrogens is 262 g/mol. The molecule has 3 aromatic rings. The summed E-state index contributed by atoms with van der Waals surface area (Å²) < 4.78 is 0. The van der Waals surface area contributed by atoms with Crippen LogP contribution >= 0.6 is 0 Å². The smallest absolute Gasteiger partial charge is 0.228 e. The summed E-state index contributed by atoms with van der Waals surface area (Å²) in [5.74, 6) is -0.0603. The number of hydrogen-bond donors (Lipinski definition) is 2. The average Bonchev–Trinajstić information content (AvgIpc) is 2.78. The highest BCUT2D eigenvalue weighted by Crippen LogP contribution is 2.39. The highest BCUT2D eigenvalue weighted by atomic mass is 16.1. The van der Waals surface area contributed by atoms with E-state index in [4.69, 9.17) is 0 Å². The van der Waals surface area contributed by atoms with E-state index in [1.54, 1.807) is 12.1 Å². The molecule has 0 radical (unpaired) electrons. The van der Waals surface area contributed by atoms with Crippen molar-refractivity contribution >= 4 is 22.5 Å². The van der Waals surface area contributed by atoms with Crippen LogP contribution in [0.4, 0.5) is 5.69 Å². The third-order valence-electron chi connectivity index (χ3n) is 3.86. The number of nitrogens with zero attached hydrogens (tertiary/aromatic N) is 1. The number of rotatable bonds is 0. The minimum absolute atomic E-state index is 0.0603. The van der Waals surface area contributed by atoms with Crippen LogP contribution in [-0.2, 0) is 11.2 Å². The average molecular weight is 273 g/mol. The van der Waals surface area contributed by atoms with Gasteiger partial charge < -0.3 is 10.3 Å². The molecule has 21 heavy (non-hydrogen) atoms. The van der Waals surface area contributed by atoms with E-state index in [1.807, 2.05) is 30.3 Å². The molecule has 0 unspecified atom stereocenters. The first-order valence-corrected chi connectivity index (χ1v) is 6.71. The molecule has 1 aromatic heterocycles. The third kappa shape index (κ3) is 1.65. The van der Waals surface area contributed by atoms with Gasteiger partial charge in [0.2, 0.25) is 5.91 Å². The zero-order valence-electron chi connectivity index (χ0n) is 11.1. The van der Waals surface area contributed by atoms with E-state index in [9.17, 15) is 10.1 Å². The normalized spacial score (nSPS) is 13.0. The first kappa shape index (κ1) is 11.7. The maximum absolute atomic E-state index is 12.1. The number of aromatic nitrogens is 1. The van der Waals surface area contributed by atoms with Crippen LogP contribution in [0.15, 0.2) is 42.5 Å². The fraction of sp³-hybridized carbons (Fsp3) is 0.0588. The molecule has 0 aliphatic carbocycles. The summed E-state index contributed by atoms with van der Waals surface area (Å²) in [4.78, 5) is 15.5. The van der Waals surface area contributed by atoms with Crippen LogP contribution in [0.25, 0.3) is 22.2 Å². The van der Waals surface area contributed by atoms with Crippen molar-refractivity contribution in [2.75, 3.05) is 5.32 Å². The Morgan fingerprint density at radius 1 is 1.10 bits per heavy atom. The van der Waals surface area contributed by atoms with Gasteiger partial charge in [-0.2, -0.15) is 5.26 Å². The second-order valence-corrected chi connectivity index (χ2v) is 5.09. The molecule has 4 heteroatoms. The number of H-pyrrole nitrogens is 1. The van der Waals surface area contributed by atoms with Crippen molar-refractivity contribution in [2.24, 2.45) is 0 Å². The molecular formula is C17H11N3O. The SMILES string of the molecule is N#Cc1cccc2c1-c1[nH]c3ccccc3c1CC(=O)N2. The standard InChI is InChI=1S/C17H11N3O/c18-9-10-4-3-7-14-16(10)17-12(8-15(21)19-14)11-5-1-2-6-13(11)20-17/h1-7,20H,8H2,(H,19,21). The van der Waals surface area contributed by atoms with Crippen molar-refractivity contribution in [1.82, 2.24) is 4.98 Å². The predicted octanol–water partition coefficient (Wildman–Crippen LogP) is 3.20. The summed E-state index contributed by atoms with van der Waals surface area (Å²) in [6.07, 6.45) is 0.304. The maximum Gasteiger partial charge on any atom is 0.228 e. The first-order chi connectivity index (χ1) is 10.3. The lowest BCUT2D eigenvalue weighted by Gasteiger charge is -2.08. The first-order valence-electron chi connectivity index (χ1n) is 6.71. The predicted molar refractivity (Wildman–Crippen MR) is 80.8 cm³/mol. The Morgan fingerprint density at radius 2 is 1.95 bits per heavy atom. The molecule has 0 bridgehead atoms. The van der Waals surface area contributed by atoms with Gasteiger partial charge in [0, 0.05) is 16.5 Å². The highest BCUT2D eigenvalue weighted by Gasteiger charge is 2.24. The van der Waals surface area contributed by atoms with Gasteiger partial charge in [-0.3, -0.25) is 4.79 Å². The minimum atomic E-state index is -0.0603. The number of aromatic amines is 1. The van der Waals surface area contributed by atoms with Gasteiger partial charge in [0.25, 0.3) is 0 Å². The van der Waals surface area contributed by atoms with Gasteiger partial charge >= 0.3 is 0 Å². The fourth-order valence-electron chi connectivity index (χ4n) is 2.97. The molecule has 4 rings (SSSR count). The van der Waals surface area contributed by atoms with Crippen LogP contribution in [0.2, 0.25) is 0 Å². The third-order valence-corrected chi connectivity index (χ3v) is 3.86. The van der Waals surface area contributed by atoms with E-state index >= 15 is 0 Å². The number of amides is 1. The number of carbonyl (C=O) groups excluding carboxylic acids is 1. The number of nitrogens with one attached hydrogen (secondary N) is 2. The lowest BCUT2D eigenvalue weighted by Crippen LogP contribution is -2.12. The van der Waals surface area contributed by atoms with Gasteiger partial charge in [-0.05, 0) is 23.8 Å². The van der Waals surface area contributed by atoms with E-state index < -0.39 is 0 Å². The van der Waals surface area contributed by atoms with Crippen molar-refractivity contribution < 1.29 is 4.79 Å². The van der Waals surface area contributed by atoms with Crippen LogP contribution < -0.4 is 5.32 Å². The van der Waals surface area contributed by atoms with Crippen molar-refractivity contribution in [2.45, 2.75) is 6.42 Å². The summed E-state index contributed by atoms with van der Waals surface area (Å²) in [5.41, 5.74) is 4.81. The molecule has 100 valence electrons. The van der Waals surface area contributed by atoms with Crippen molar-refractivity contribution in [1.29, 1.82) is 5.26 Å². The molecule has 1 aliphatic rings. The van der Waals surface area contributed by atoms with Crippen LogP contribution in [0.1, 0.15) is 11.1 Å². The highest BCUT2D eigenvalue weighted by molar-refractivity contribution is 6.06. The monoisotopic (exact) mass is 273 g/mol. The molecule has 0 atom stereocenters. The number of para-hydroxylation sites is 1. The van der Waals surface area contributed by atoms with Crippen LogP contribution in [-0.4, -0.2) is 10.9 Å². The molecule has 1 amide bonds. The lowest BCUT2D eigenvalue weighted by molar-refractivity contribution is -0.115. The number of carbonyl (C=O) groups is 1. The van der Waals surface area contributed by atoms with E-state index in [-0.39, 0.29) is 5.91 Å². The topological polar surface area (TPSA) is 68.7 Å². The van der Waals surface area contributed by atoms with Gasteiger partial charge in [0.15, 0.2) is 0 Å². The molecule has 1 aliphatic heterocycles. The molecule has 2 heterocycles. The van der Waals surface area contributed by atoms with E-state index in [0.29, 0.717) is 17.7 Å². The number of anilines is 1. The number of fused-ring (bicyclic) bond motifs is 5. The second kappa shape index (κ2) is 4.22. The molecule has 0 saturated carbocycles. The van der Waals surface area contributed by atoms with Crippen LogP contribution in [0.3, 0.4) is 0 Å². The molecule has 0 fully saturated rings. The Bertz CT molecular complexity index is 931. The van der Waals surface area contributed by atoms with Gasteiger partial charge in [0.1, 0.15) is 0 Å². The largest absolute Gasteiger partial charge is 0.354 e. The van der Waals surface area contributed by atoms with Crippen LogP contribution in [0, 0.1) is 11.3 Å². The summed E-state index contributed by atoms with van der Waals surface area (Å²) in [6, 6.07) is 15.5. The van der Waals surface area contributed by atoms with Gasteiger partial charge in [-0.25, -0.2) is 0 Å². The van der Waals surface area contributed by atoms with Crippen LogP contribution in [0.5, 0.6) is 0 Å². The summed E-state index contributed by atoms with van der Waals surface area (Å²) in [5, 5.41) is 13.3. The quantitative estimate of drug-likeness (QED) is 0.660. The van der Waals surface area contributed by atoms with Gasteiger partial charge in [-0.1, -0.05) is 24.3 Å². The molecule has 2 aromatic carbocycles. The number of nitriles is 1. The van der Waals surface area contributed by atoms with Gasteiger partial charge in [0.05, 0.1) is 29.4 Å². The Kier molecular flexibility index (Phi) is 2.36. The lowest BCUT2D eigenvalue weighted by atomic mass is 9.99. The number of benzene rings is 2. The second-order valence-electron chi connectivity index (χ2n) is 5.09. The Morgan fingerprint density at radius 3 is 2.81 bits per heavy atom. The zero-order chi connectivity index (χ0) is 14.4. The summed E-state index contributed by atoms with van der Waals surface area (Å²) in [6.45, 7) is 0. The van der Waals surface area contributed by atoms with E-state index in [1.165, 1.54) is 0 Å². The molecule has 0 spiro atoms. The van der Waals surface area contributed by atoms with Gasteiger partial charge in [-0.15, -0.1) is 0 Å². The molecule has 0 saturated heterocycles. The molecule has 4 nitrogen and oxygen atoms in total. The summed E-state index contributed by atoms with van der Waals surface area (Å²) in [7, 11) is 0. The number of hydrogen-bond acceptors (Lipinski definition) is 2. The Balaban J connectivity index is 2.15. The Labute approximate surface area is 121 Å². The van der Waals surface area contributed by atoms with Crippen molar-refractivity contribution in [3.8, 4) is 17.3 Å². The minimum Gasteiger partial charge on any atom is -0.354 e. The van der Waals surface area contributed by atoms with Crippen molar-refractivity contribution in [3.05, 3.63) is 53.6 Å². The maximum atomic E-state index is 12.1.